The van der Waals surface area contributed by atoms with Crippen molar-refractivity contribution in [3.8, 4) is 11.3 Å². The van der Waals surface area contributed by atoms with Crippen molar-refractivity contribution in [3.63, 3.8) is 0 Å². The molecule has 1 amide bonds. The summed E-state index contributed by atoms with van der Waals surface area (Å²) in [6.45, 7) is 1.42. The van der Waals surface area contributed by atoms with E-state index >= 15 is 0 Å². The minimum absolute atomic E-state index is 0.136. The minimum Gasteiger partial charge on any atom is -0.322 e. The van der Waals surface area contributed by atoms with Crippen LogP contribution in [-0.4, -0.2) is 44.7 Å². The number of imidazole rings is 1. The topological polar surface area (TPSA) is 111 Å². The van der Waals surface area contributed by atoms with Crippen LogP contribution >= 0.6 is 0 Å². The summed E-state index contributed by atoms with van der Waals surface area (Å²) in [7, 11) is -3.59. The molecule has 9 nitrogen and oxygen atoms in total. The first kappa shape index (κ1) is 20.6. The molecule has 4 aromatic rings. The van der Waals surface area contributed by atoms with Crippen LogP contribution in [0.3, 0.4) is 0 Å². The quantitative estimate of drug-likeness (QED) is 0.503. The van der Waals surface area contributed by atoms with Gasteiger partial charge in [0.25, 0.3) is 0 Å². The lowest BCUT2D eigenvalue weighted by Gasteiger charge is -2.07. The molecule has 160 valence electrons. The Morgan fingerprint density at radius 1 is 1.19 bits per heavy atom. The van der Waals surface area contributed by atoms with Gasteiger partial charge in [-0.2, -0.15) is 5.10 Å². The molecule has 31 heavy (non-hydrogen) atoms. The van der Waals surface area contributed by atoms with Crippen molar-refractivity contribution in [2.24, 2.45) is 0 Å². The van der Waals surface area contributed by atoms with E-state index in [4.69, 9.17) is 0 Å². The lowest BCUT2D eigenvalue weighted by Crippen LogP contribution is -2.19. The van der Waals surface area contributed by atoms with Gasteiger partial charge in [-0.1, -0.05) is 6.07 Å². The van der Waals surface area contributed by atoms with Gasteiger partial charge in [0.1, 0.15) is 6.54 Å². The van der Waals surface area contributed by atoms with E-state index in [2.05, 4.69) is 20.4 Å². The zero-order chi connectivity index (χ0) is 22.3. The highest BCUT2D eigenvalue weighted by molar-refractivity contribution is 7.90. The summed E-state index contributed by atoms with van der Waals surface area (Å²) in [4.78, 5) is 20.4. The van der Waals surface area contributed by atoms with E-state index in [0.29, 0.717) is 17.0 Å². The number of rotatable bonds is 5. The number of carbonyl (C=O) groups is 1. The van der Waals surface area contributed by atoms with E-state index in [0.717, 1.165) is 12.3 Å². The number of sulfone groups is 1. The maximum atomic E-state index is 13.7. The number of fused-ring (bicyclic) bond motifs is 1. The van der Waals surface area contributed by atoms with Crippen LogP contribution in [0.4, 0.5) is 14.5 Å². The third-order valence-electron chi connectivity index (χ3n) is 4.39. The molecule has 1 aromatic carbocycles. The van der Waals surface area contributed by atoms with Crippen molar-refractivity contribution in [2.45, 2.75) is 18.5 Å². The average molecular weight is 446 g/mol. The molecule has 0 saturated heterocycles. The lowest BCUT2D eigenvalue weighted by atomic mass is 10.3. The smallest absolute Gasteiger partial charge is 0.246 e. The molecule has 1 N–H and O–H groups in total. The standard InChI is InChI=1S/C19H16F2N6O3S/c1-11-8-27-15(7-22-18(27)19(24-11)31(2,29)30)12-6-23-26(9-12)10-16(28)25-14-5-3-4-13(20)17(14)21/h3-9H,10H2,1-2H3,(H,25,28). The zero-order valence-electron chi connectivity index (χ0n) is 16.4. The number of amides is 1. The third-order valence-corrected chi connectivity index (χ3v) is 5.37. The summed E-state index contributed by atoms with van der Waals surface area (Å²) < 4.78 is 54.0. The molecule has 3 aromatic heterocycles. The van der Waals surface area contributed by atoms with Crippen molar-refractivity contribution in [1.29, 1.82) is 0 Å². The molecule has 0 saturated carbocycles. The van der Waals surface area contributed by atoms with Gasteiger partial charge < -0.3 is 5.32 Å². The first-order valence-electron chi connectivity index (χ1n) is 8.95. The second-order valence-electron chi connectivity index (χ2n) is 6.87. The Labute approximate surface area is 175 Å². The molecule has 0 atom stereocenters. The summed E-state index contributed by atoms with van der Waals surface area (Å²) >= 11 is 0. The molecule has 4 rings (SSSR count). The van der Waals surface area contributed by atoms with Crippen LogP contribution in [0.1, 0.15) is 5.69 Å². The van der Waals surface area contributed by atoms with Crippen LogP contribution in [0.15, 0.2) is 48.0 Å². The van der Waals surface area contributed by atoms with Crippen LogP contribution < -0.4 is 5.32 Å². The molecular weight excluding hydrogens is 430 g/mol. The van der Waals surface area contributed by atoms with Gasteiger partial charge in [-0.25, -0.2) is 27.2 Å². The van der Waals surface area contributed by atoms with Gasteiger partial charge in [-0.15, -0.1) is 0 Å². The number of aromatic nitrogens is 5. The van der Waals surface area contributed by atoms with Crippen molar-refractivity contribution < 1.29 is 22.0 Å². The van der Waals surface area contributed by atoms with Gasteiger partial charge in [0.2, 0.25) is 5.91 Å². The monoisotopic (exact) mass is 446 g/mol. The fourth-order valence-corrected chi connectivity index (χ4v) is 3.85. The van der Waals surface area contributed by atoms with Gasteiger partial charge in [0.15, 0.2) is 32.1 Å². The number of carbonyl (C=O) groups excluding carboxylic acids is 1. The summed E-state index contributed by atoms with van der Waals surface area (Å²) in [5.41, 5.74) is 1.51. The molecule has 0 unspecified atom stereocenters. The van der Waals surface area contributed by atoms with E-state index in [1.165, 1.54) is 29.2 Å². The normalized spacial score (nSPS) is 11.7. The SMILES string of the molecule is Cc1cn2c(-c3cnn(CC(=O)Nc4cccc(F)c4F)c3)cnc2c(S(C)(=O)=O)n1. The zero-order valence-corrected chi connectivity index (χ0v) is 17.2. The maximum Gasteiger partial charge on any atom is 0.246 e. The van der Waals surface area contributed by atoms with E-state index in [1.807, 2.05) is 0 Å². The molecule has 0 aliphatic carbocycles. The number of halogens is 2. The first-order chi connectivity index (χ1) is 14.6. The molecule has 12 heteroatoms. The number of hydrogen-bond acceptors (Lipinski definition) is 6. The Hall–Kier alpha value is -3.67. The Balaban J connectivity index is 1.61. The van der Waals surface area contributed by atoms with Crippen molar-refractivity contribution in [1.82, 2.24) is 24.1 Å². The first-order valence-corrected chi connectivity index (χ1v) is 10.8. The molecule has 0 aliphatic heterocycles. The van der Waals surface area contributed by atoms with E-state index in [9.17, 15) is 22.0 Å². The second kappa shape index (κ2) is 7.54. The molecule has 3 heterocycles. The Morgan fingerprint density at radius 3 is 2.71 bits per heavy atom. The second-order valence-corrected chi connectivity index (χ2v) is 8.80. The van der Waals surface area contributed by atoms with Gasteiger partial charge >= 0.3 is 0 Å². The number of anilines is 1. The molecule has 0 aliphatic rings. The summed E-state index contributed by atoms with van der Waals surface area (Å²) in [6.07, 6.45) is 7.22. The fraction of sp³-hybridized carbons (Fsp3) is 0.158. The fourth-order valence-electron chi connectivity index (χ4n) is 3.06. The highest BCUT2D eigenvalue weighted by Gasteiger charge is 2.20. The van der Waals surface area contributed by atoms with E-state index in [-0.39, 0.29) is 22.9 Å². The average Bonchev–Trinajstić information content (AvgIpc) is 3.30. The molecule has 0 bridgehead atoms. The highest BCUT2D eigenvalue weighted by atomic mass is 32.2. The number of aryl methyl sites for hydroxylation is 1. The van der Waals surface area contributed by atoms with Crippen LogP contribution in [0.2, 0.25) is 0 Å². The lowest BCUT2D eigenvalue weighted by molar-refractivity contribution is -0.116. The van der Waals surface area contributed by atoms with Crippen molar-refractivity contribution in [3.05, 3.63) is 60.3 Å². The number of hydrogen-bond donors (Lipinski definition) is 1. The number of nitrogens with zero attached hydrogens (tertiary/aromatic N) is 5. The molecular formula is C19H16F2N6O3S. The van der Waals surface area contributed by atoms with Crippen LogP contribution in [0.25, 0.3) is 16.9 Å². The largest absolute Gasteiger partial charge is 0.322 e. The van der Waals surface area contributed by atoms with E-state index < -0.39 is 27.4 Å². The predicted molar refractivity (Wildman–Crippen MR) is 107 cm³/mol. The van der Waals surface area contributed by atoms with Crippen LogP contribution in [0, 0.1) is 18.6 Å². The molecule has 0 radical (unpaired) electrons. The number of nitrogens with one attached hydrogen (secondary N) is 1. The highest BCUT2D eigenvalue weighted by Crippen LogP contribution is 2.24. The van der Waals surface area contributed by atoms with E-state index in [1.54, 1.807) is 23.7 Å². The van der Waals surface area contributed by atoms with Gasteiger partial charge in [-0.05, 0) is 19.1 Å². The maximum absolute atomic E-state index is 13.7. The summed E-state index contributed by atoms with van der Waals surface area (Å²) in [6, 6.07) is 3.48. The predicted octanol–water partition coefficient (Wildman–Crippen LogP) is 2.22. The Bertz CT molecular complexity index is 1430. The number of benzene rings is 1. The Morgan fingerprint density at radius 2 is 1.97 bits per heavy atom. The van der Waals surface area contributed by atoms with Gasteiger partial charge in [-0.3, -0.25) is 13.9 Å². The summed E-state index contributed by atoms with van der Waals surface area (Å²) in [5, 5.41) is 6.27. The summed E-state index contributed by atoms with van der Waals surface area (Å²) in [5.74, 6) is -2.81. The van der Waals surface area contributed by atoms with Gasteiger partial charge in [0, 0.05) is 24.2 Å². The van der Waals surface area contributed by atoms with Crippen molar-refractivity contribution >= 4 is 27.1 Å². The third kappa shape index (κ3) is 4.01. The van der Waals surface area contributed by atoms with Crippen LogP contribution in [0.5, 0.6) is 0 Å². The van der Waals surface area contributed by atoms with Crippen LogP contribution in [-0.2, 0) is 21.2 Å². The van der Waals surface area contributed by atoms with Crippen molar-refractivity contribution in [2.75, 3.05) is 11.6 Å². The van der Waals surface area contributed by atoms with Gasteiger partial charge in [0.05, 0.1) is 29.5 Å². The Kier molecular flexibility index (Phi) is 5.01. The minimum atomic E-state index is -3.59. The molecule has 0 spiro atoms. The molecule has 0 fully saturated rings.